The first kappa shape index (κ1) is 21.8. The largest absolute Gasteiger partial charge is 0.495 e. The van der Waals surface area contributed by atoms with Crippen molar-refractivity contribution in [2.24, 2.45) is 0 Å². The summed E-state index contributed by atoms with van der Waals surface area (Å²) in [5, 5.41) is 2.97. The van der Waals surface area contributed by atoms with E-state index in [0.29, 0.717) is 17.9 Å². The van der Waals surface area contributed by atoms with Crippen LogP contribution in [0.4, 0.5) is 11.4 Å². The molecule has 152 valence electrons. The van der Waals surface area contributed by atoms with E-state index >= 15 is 0 Å². The van der Waals surface area contributed by atoms with Gasteiger partial charge in [0.2, 0.25) is 15.9 Å². The van der Waals surface area contributed by atoms with Crippen LogP contribution >= 0.6 is 0 Å². The van der Waals surface area contributed by atoms with Crippen LogP contribution < -0.4 is 14.4 Å². The van der Waals surface area contributed by atoms with E-state index in [0.717, 1.165) is 29.5 Å². The van der Waals surface area contributed by atoms with Gasteiger partial charge in [-0.15, -0.1) is 0 Å². The molecule has 2 rings (SSSR count). The number of methoxy groups -OCH3 is 1. The number of anilines is 2. The van der Waals surface area contributed by atoms with Crippen LogP contribution in [0, 0.1) is 6.92 Å². The molecule has 6 nitrogen and oxygen atoms in total. The van der Waals surface area contributed by atoms with Crippen LogP contribution in [0.3, 0.4) is 0 Å². The average molecular weight is 405 g/mol. The number of carbonyl (C=O) groups is 1. The maximum absolute atomic E-state index is 12.4. The van der Waals surface area contributed by atoms with Gasteiger partial charge < -0.3 is 10.1 Å². The Balaban J connectivity index is 2.06. The Morgan fingerprint density at radius 2 is 1.86 bits per heavy atom. The van der Waals surface area contributed by atoms with Gasteiger partial charge in [-0.05, 0) is 43.0 Å². The Morgan fingerprint density at radius 1 is 1.14 bits per heavy atom. The SMILES string of the molecule is CCc1cccc(C)c1NC(=O)CCCN(c1ccccc1OC)S(C)(=O)=O. The minimum Gasteiger partial charge on any atom is -0.495 e. The Hall–Kier alpha value is -2.54. The Kier molecular flexibility index (Phi) is 7.45. The Morgan fingerprint density at radius 3 is 2.50 bits per heavy atom. The molecule has 7 heteroatoms. The van der Waals surface area contributed by atoms with Crippen LogP contribution in [0.25, 0.3) is 0 Å². The third kappa shape index (κ3) is 5.48. The van der Waals surface area contributed by atoms with Crippen LogP contribution in [-0.2, 0) is 21.2 Å². The summed E-state index contributed by atoms with van der Waals surface area (Å²) < 4.78 is 31.1. The molecule has 0 fully saturated rings. The van der Waals surface area contributed by atoms with Gasteiger partial charge >= 0.3 is 0 Å². The minimum absolute atomic E-state index is 0.127. The van der Waals surface area contributed by atoms with Gasteiger partial charge in [0.05, 0.1) is 19.1 Å². The first-order valence-electron chi connectivity index (χ1n) is 9.27. The number of hydrogen-bond donors (Lipinski definition) is 1. The number of aryl methyl sites for hydroxylation is 2. The number of ether oxygens (including phenoxy) is 1. The molecule has 0 aliphatic heterocycles. The molecule has 0 radical (unpaired) electrons. The molecule has 0 bridgehead atoms. The number of nitrogens with zero attached hydrogens (tertiary/aromatic N) is 1. The standard InChI is InChI=1S/C21H28N2O4S/c1-5-17-11-8-10-16(2)21(17)22-20(24)14-9-15-23(28(4,25)26)18-12-6-7-13-19(18)27-3/h6-8,10-13H,5,9,14-15H2,1-4H3,(H,22,24). The summed E-state index contributed by atoms with van der Waals surface area (Å²) >= 11 is 0. The number of sulfonamides is 1. The van der Waals surface area contributed by atoms with E-state index in [1.54, 1.807) is 24.3 Å². The van der Waals surface area contributed by atoms with Gasteiger partial charge in [0.1, 0.15) is 5.75 Å². The number of benzene rings is 2. The van der Waals surface area contributed by atoms with Gasteiger partial charge in [0.25, 0.3) is 0 Å². The molecule has 0 saturated heterocycles. The fourth-order valence-corrected chi connectivity index (χ4v) is 4.06. The molecule has 0 heterocycles. The molecule has 0 aliphatic rings. The van der Waals surface area contributed by atoms with E-state index in [9.17, 15) is 13.2 Å². The predicted molar refractivity (Wildman–Crippen MR) is 114 cm³/mol. The van der Waals surface area contributed by atoms with Crippen molar-refractivity contribution in [3.63, 3.8) is 0 Å². The summed E-state index contributed by atoms with van der Waals surface area (Å²) in [7, 11) is -2.00. The number of hydrogen-bond acceptors (Lipinski definition) is 4. The van der Waals surface area contributed by atoms with Crippen molar-refractivity contribution < 1.29 is 17.9 Å². The monoisotopic (exact) mass is 404 g/mol. The summed E-state index contributed by atoms with van der Waals surface area (Å²) in [6, 6.07) is 12.9. The van der Waals surface area contributed by atoms with Crippen LogP contribution in [0.5, 0.6) is 5.75 Å². The third-order valence-electron chi connectivity index (χ3n) is 4.52. The second-order valence-electron chi connectivity index (χ2n) is 6.62. The van der Waals surface area contributed by atoms with E-state index in [4.69, 9.17) is 4.74 Å². The molecule has 0 unspecified atom stereocenters. The zero-order valence-electron chi connectivity index (χ0n) is 16.9. The Labute approximate surface area is 167 Å². The summed E-state index contributed by atoms with van der Waals surface area (Å²) in [5.74, 6) is 0.349. The van der Waals surface area contributed by atoms with Gasteiger partial charge in [-0.2, -0.15) is 0 Å². The van der Waals surface area contributed by atoms with Gasteiger partial charge in [-0.25, -0.2) is 8.42 Å². The second-order valence-corrected chi connectivity index (χ2v) is 8.53. The van der Waals surface area contributed by atoms with Crippen LogP contribution in [-0.4, -0.2) is 34.2 Å². The topological polar surface area (TPSA) is 75.7 Å². The normalized spacial score (nSPS) is 11.1. The quantitative estimate of drug-likeness (QED) is 0.691. The van der Waals surface area contributed by atoms with Crippen molar-refractivity contribution in [1.82, 2.24) is 0 Å². The highest BCUT2D eigenvalue weighted by molar-refractivity contribution is 7.92. The molecular formula is C21H28N2O4S. The lowest BCUT2D eigenvalue weighted by molar-refractivity contribution is -0.116. The number of carbonyl (C=O) groups excluding carboxylic acids is 1. The predicted octanol–water partition coefficient (Wildman–Crippen LogP) is 3.75. The molecule has 2 aromatic carbocycles. The minimum atomic E-state index is -3.50. The molecular weight excluding hydrogens is 376 g/mol. The van der Waals surface area contributed by atoms with Gasteiger partial charge in [-0.1, -0.05) is 37.3 Å². The molecule has 1 N–H and O–H groups in total. The van der Waals surface area contributed by atoms with Crippen molar-refractivity contribution in [3.8, 4) is 5.75 Å². The lowest BCUT2D eigenvalue weighted by Gasteiger charge is -2.24. The lowest BCUT2D eigenvalue weighted by Crippen LogP contribution is -2.31. The van der Waals surface area contributed by atoms with E-state index in [1.807, 2.05) is 32.0 Å². The summed E-state index contributed by atoms with van der Waals surface area (Å²) in [6.45, 7) is 4.20. The van der Waals surface area contributed by atoms with Crippen molar-refractivity contribution in [1.29, 1.82) is 0 Å². The fraction of sp³-hybridized carbons (Fsp3) is 0.381. The van der Waals surface area contributed by atoms with Gasteiger partial charge in [-0.3, -0.25) is 9.10 Å². The van der Waals surface area contributed by atoms with Crippen molar-refractivity contribution in [2.75, 3.05) is 29.5 Å². The summed E-state index contributed by atoms with van der Waals surface area (Å²) in [6.07, 6.45) is 2.59. The fourth-order valence-electron chi connectivity index (χ4n) is 3.09. The lowest BCUT2D eigenvalue weighted by atomic mass is 10.1. The molecule has 0 aliphatic carbocycles. The first-order chi connectivity index (χ1) is 13.3. The maximum Gasteiger partial charge on any atom is 0.232 e. The highest BCUT2D eigenvalue weighted by atomic mass is 32.2. The summed E-state index contributed by atoms with van der Waals surface area (Å²) in [5.41, 5.74) is 3.42. The van der Waals surface area contributed by atoms with E-state index < -0.39 is 10.0 Å². The number of nitrogens with one attached hydrogen (secondary N) is 1. The maximum atomic E-state index is 12.4. The average Bonchev–Trinajstić information content (AvgIpc) is 2.66. The second kappa shape index (κ2) is 9.59. The van der Waals surface area contributed by atoms with Crippen LogP contribution in [0.15, 0.2) is 42.5 Å². The molecule has 0 spiro atoms. The first-order valence-corrected chi connectivity index (χ1v) is 11.1. The zero-order chi connectivity index (χ0) is 20.7. The van der Waals surface area contributed by atoms with E-state index in [1.165, 1.54) is 11.4 Å². The van der Waals surface area contributed by atoms with Crippen LogP contribution in [0.1, 0.15) is 30.9 Å². The molecule has 2 aromatic rings. The number of para-hydroxylation sites is 3. The van der Waals surface area contributed by atoms with Crippen molar-refractivity contribution >= 4 is 27.3 Å². The van der Waals surface area contributed by atoms with E-state index in [2.05, 4.69) is 5.32 Å². The zero-order valence-corrected chi connectivity index (χ0v) is 17.7. The van der Waals surface area contributed by atoms with Gasteiger partial charge in [0, 0.05) is 18.7 Å². The smallest absolute Gasteiger partial charge is 0.232 e. The molecule has 28 heavy (non-hydrogen) atoms. The molecule has 1 amide bonds. The third-order valence-corrected chi connectivity index (χ3v) is 5.70. The molecule has 0 atom stereocenters. The highest BCUT2D eigenvalue weighted by Gasteiger charge is 2.21. The number of rotatable bonds is 9. The molecule has 0 aromatic heterocycles. The van der Waals surface area contributed by atoms with Crippen LogP contribution in [0.2, 0.25) is 0 Å². The van der Waals surface area contributed by atoms with Crippen molar-refractivity contribution in [2.45, 2.75) is 33.1 Å². The Bertz CT molecular complexity index is 926. The summed E-state index contributed by atoms with van der Waals surface area (Å²) in [4.78, 5) is 12.4. The van der Waals surface area contributed by atoms with Gasteiger partial charge in [0.15, 0.2) is 0 Å². The number of amides is 1. The van der Waals surface area contributed by atoms with Crippen molar-refractivity contribution in [3.05, 3.63) is 53.6 Å². The molecule has 0 saturated carbocycles. The highest BCUT2D eigenvalue weighted by Crippen LogP contribution is 2.29. The van der Waals surface area contributed by atoms with E-state index in [-0.39, 0.29) is 18.9 Å².